The molecule has 1 rings (SSSR count). The van der Waals surface area contributed by atoms with Crippen molar-refractivity contribution in [3.63, 3.8) is 0 Å². The number of hydrogen-bond donors (Lipinski definition) is 0. The fraction of sp³-hybridized carbons (Fsp3) is 1.00. The van der Waals surface area contributed by atoms with Gasteiger partial charge in [0.1, 0.15) is 0 Å². The topological polar surface area (TPSA) is 36.3 Å². The van der Waals surface area contributed by atoms with Gasteiger partial charge in [0.25, 0.3) is 0 Å². The van der Waals surface area contributed by atoms with Gasteiger partial charge < -0.3 is 4.74 Å². The summed E-state index contributed by atoms with van der Waals surface area (Å²) in [7, 11) is 0. The van der Waals surface area contributed by atoms with E-state index in [4.69, 9.17) is 10.5 Å². The lowest BCUT2D eigenvalue weighted by atomic mass is 10.2. The summed E-state index contributed by atoms with van der Waals surface area (Å²) in [5, 5.41) is 0. The minimum Gasteiger partial charge on any atom is -0.379 e. The largest absolute Gasteiger partial charge is 0.379 e. The SMILES string of the molecule is [NH]CCCCCN1CCOCC1. The quantitative estimate of drug-likeness (QED) is 0.573. The monoisotopic (exact) mass is 171 g/mol. The van der Waals surface area contributed by atoms with Gasteiger partial charge in [-0.3, -0.25) is 10.6 Å². The van der Waals surface area contributed by atoms with Crippen LogP contribution in [0.1, 0.15) is 19.3 Å². The summed E-state index contributed by atoms with van der Waals surface area (Å²) in [6.07, 6.45) is 3.52. The minimum absolute atomic E-state index is 0.586. The first-order chi connectivity index (χ1) is 5.93. The molecule has 1 N–H and O–H groups in total. The molecule has 1 radical (unpaired) electrons. The Labute approximate surface area is 74.9 Å². The number of nitrogens with zero attached hydrogens (tertiary/aromatic N) is 1. The first-order valence-corrected chi connectivity index (χ1v) is 4.88. The maximum Gasteiger partial charge on any atom is 0.0594 e. The molecule has 1 fully saturated rings. The van der Waals surface area contributed by atoms with Gasteiger partial charge >= 0.3 is 0 Å². The van der Waals surface area contributed by atoms with E-state index in [1.807, 2.05) is 0 Å². The van der Waals surface area contributed by atoms with E-state index in [2.05, 4.69) is 4.90 Å². The van der Waals surface area contributed by atoms with Crippen LogP contribution in [0.4, 0.5) is 0 Å². The Kier molecular flexibility index (Phi) is 5.32. The van der Waals surface area contributed by atoms with Crippen molar-refractivity contribution in [3.8, 4) is 0 Å². The Balaban J connectivity index is 1.91. The Bertz CT molecular complexity index is 103. The maximum absolute atomic E-state index is 6.99. The molecular formula is C9H19N2O. The van der Waals surface area contributed by atoms with Crippen LogP contribution in [0.3, 0.4) is 0 Å². The molecule has 1 saturated heterocycles. The number of unbranched alkanes of at least 4 members (excludes halogenated alkanes) is 2. The summed E-state index contributed by atoms with van der Waals surface area (Å²) in [5.41, 5.74) is 6.99. The summed E-state index contributed by atoms with van der Waals surface area (Å²) >= 11 is 0. The highest BCUT2D eigenvalue weighted by Crippen LogP contribution is 2.01. The summed E-state index contributed by atoms with van der Waals surface area (Å²) in [6, 6.07) is 0. The second kappa shape index (κ2) is 6.40. The molecule has 0 unspecified atom stereocenters. The van der Waals surface area contributed by atoms with Gasteiger partial charge in [-0.05, 0) is 19.4 Å². The molecule has 0 aromatic carbocycles. The Hall–Kier alpha value is -0.120. The van der Waals surface area contributed by atoms with Crippen LogP contribution in [0.15, 0.2) is 0 Å². The van der Waals surface area contributed by atoms with Crippen LogP contribution in [-0.2, 0) is 4.74 Å². The average Bonchev–Trinajstić information content (AvgIpc) is 2.14. The molecule has 0 saturated carbocycles. The minimum atomic E-state index is 0.586. The molecule has 0 amide bonds. The molecule has 0 bridgehead atoms. The van der Waals surface area contributed by atoms with Gasteiger partial charge in [-0.15, -0.1) is 0 Å². The molecule has 0 spiro atoms. The highest BCUT2D eigenvalue weighted by atomic mass is 16.5. The van der Waals surface area contributed by atoms with E-state index < -0.39 is 0 Å². The van der Waals surface area contributed by atoms with Crippen molar-refractivity contribution >= 4 is 0 Å². The molecule has 71 valence electrons. The van der Waals surface area contributed by atoms with E-state index in [9.17, 15) is 0 Å². The Morgan fingerprint density at radius 2 is 1.83 bits per heavy atom. The van der Waals surface area contributed by atoms with Gasteiger partial charge in [0.2, 0.25) is 0 Å². The molecule has 3 nitrogen and oxygen atoms in total. The summed E-state index contributed by atoms with van der Waals surface area (Å²) in [4.78, 5) is 2.45. The van der Waals surface area contributed by atoms with Gasteiger partial charge in [-0.1, -0.05) is 6.42 Å². The van der Waals surface area contributed by atoms with Crippen molar-refractivity contribution in [1.82, 2.24) is 10.6 Å². The summed E-state index contributed by atoms with van der Waals surface area (Å²) in [6.45, 7) is 5.78. The zero-order valence-electron chi connectivity index (χ0n) is 7.72. The molecule has 12 heavy (non-hydrogen) atoms. The zero-order valence-corrected chi connectivity index (χ0v) is 7.72. The third-order valence-corrected chi connectivity index (χ3v) is 2.25. The van der Waals surface area contributed by atoms with Crippen molar-refractivity contribution in [1.29, 1.82) is 0 Å². The lowest BCUT2D eigenvalue weighted by Gasteiger charge is -2.26. The predicted molar refractivity (Wildman–Crippen MR) is 49.1 cm³/mol. The van der Waals surface area contributed by atoms with Crippen LogP contribution >= 0.6 is 0 Å². The van der Waals surface area contributed by atoms with Crippen molar-refractivity contribution in [3.05, 3.63) is 0 Å². The Morgan fingerprint density at radius 1 is 1.08 bits per heavy atom. The lowest BCUT2D eigenvalue weighted by molar-refractivity contribution is 0.0371. The van der Waals surface area contributed by atoms with E-state index in [-0.39, 0.29) is 0 Å². The van der Waals surface area contributed by atoms with Crippen molar-refractivity contribution in [2.24, 2.45) is 0 Å². The lowest BCUT2D eigenvalue weighted by Crippen LogP contribution is -2.36. The van der Waals surface area contributed by atoms with Crippen LogP contribution in [0.2, 0.25) is 0 Å². The molecule has 1 heterocycles. The number of hydrogen-bond acceptors (Lipinski definition) is 2. The van der Waals surface area contributed by atoms with Crippen LogP contribution in [0, 0.1) is 0 Å². The van der Waals surface area contributed by atoms with Crippen LogP contribution < -0.4 is 5.73 Å². The highest BCUT2D eigenvalue weighted by Gasteiger charge is 2.08. The summed E-state index contributed by atoms with van der Waals surface area (Å²) in [5.74, 6) is 0. The molecule has 0 aromatic rings. The number of nitrogens with one attached hydrogen (secondary N) is 1. The molecule has 3 heteroatoms. The molecule has 0 aliphatic carbocycles. The molecule has 0 atom stereocenters. The number of morpholine rings is 1. The average molecular weight is 171 g/mol. The molecular weight excluding hydrogens is 152 g/mol. The first kappa shape index (κ1) is 9.96. The van der Waals surface area contributed by atoms with Crippen LogP contribution in [0.5, 0.6) is 0 Å². The van der Waals surface area contributed by atoms with E-state index in [1.54, 1.807) is 0 Å². The van der Waals surface area contributed by atoms with Gasteiger partial charge in [0.05, 0.1) is 13.2 Å². The second-order valence-corrected chi connectivity index (χ2v) is 3.26. The molecule has 1 aliphatic rings. The molecule has 0 aromatic heterocycles. The van der Waals surface area contributed by atoms with Gasteiger partial charge in [0, 0.05) is 19.6 Å². The van der Waals surface area contributed by atoms with E-state index >= 15 is 0 Å². The second-order valence-electron chi connectivity index (χ2n) is 3.26. The maximum atomic E-state index is 6.99. The van der Waals surface area contributed by atoms with E-state index in [0.29, 0.717) is 6.54 Å². The van der Waals surface area contributed by atoms with Gasteiger partial charge in [0.15, 0.2) is 0 Å². The number of ether oxygens (including phenoxy) is 1. The first-order valence-electron chi connectivity index (χ1n) is 4.88. The summed E-state index contributed by atoms with van der Waals surface area (Å²) < 4.78 is 5.26. The van der Waals surface area contributed by atoms with Crippen molar-refractivity contribution in [2.75, 3.05) is 39.4 Å². The predicted octanol–water partition coefficient (Wildman–Crippen LogP) is 0.772. The van der Waals surface area contributed by atoms with E-state index in [0.717, 1.165) is 32.7 Å². The van der Waals surface area contributed by atoms with E-state index in [1.165, 1.54) is 19.4 Å². The third kappa shape index (κ3) is 4.04. The normalized spacial score (nSPS) is 19.8. The molecule has 1 aliphatic heterocycles. The zero-order chi connectivity index (χ0) is 8.65. The van der Waals surface area contributed by atoms with Crippen LogP contribution in [0.25, 0.3) is 0 Å². The number of rotatable bonds is 5. The standard InChI is InChI=1S/C9H19N2O/c10-4-2-1-3-5-11-6-8-12-9-7-11/h10H,1-9H2. The van der Waals surface area contributed by atoms with Gasteiger partial charge in [-0.25, -0.2) is 0 Å². The Morgan fingerprint density at radius 3 is 2.50 bits per heavy atom. The van der Waals surface area contributed by atoms with Crippen LogP contribution in [-0.4, -0.2) is 44.3 Å². The fourth-order valence-corrected chi connectivity index (χ4v) is 1.46. The fourth-order valence-electron chi connectivity index (χ4n) is 1.46. The van der Waals surface area contributed by atoms with Crippen molar-refractivity contribution in [2.45, 2.75) is 19.3 Å². The smallest absolute Gasteiger partial charge is 0.0594 e. The highest BCUT2D eigenvalue weighted by molar-refractivity contribution is 4.61. The third-order valence-electron chi connectivity index (χ3n) is 2.25. The van der Waals surface area contributed by atoms with Crippen molar-refractivity contribution < 1.29 is 4.74 Å². The van der Waals surface area contributed by atoms with Gasteiger partial charge in [-0.2, -0.15) is 0 Å².